The van der Waals surface area contributed by atoms with E-state index in [2.05, 4.69) is 73.8 Å². The molecular formula is C70H68F3NO4. The number of fused-ring (bicyclic) bond motifs is 8. The van der Waals surface area contributed by atoms with Crippen LogP contribution in [0.3, 0.4) is 0 Å². The van der Waals surface area contributed by atoms with Gasteiger partial charge in [0.05, 0.1) is 19.3 Å². The Hall–Kier alpha value is -7.58. The van der Waals surface area contributed by atoms with Crippen LogP contribution >= 0.6 is 0 Å². The molecule has 1 heterocycles. The summed E-state index contributed by atoms with van der Waals surface area (Å²) in [7, 11) is 1.64. The standard InChI is InChI=1S/C70H68F3NO4/c1-6-8-10-11-45-12-14-46(15-13-45)47-16-18-48(19-17-47)49-20-22-51(23-21-49)67(75)74-56-32-24-50(25-33-56)52-26-38-59-62(43-52)64-60-39-31-55(70(71,72)73)44-63(60)68(3,4)65(64)61-40-41-69(78-66(59)61,53-27-34-57(76-5)35-28-53)54-29-36-58(37-30-54)77-42-9-7-2/h16-41,43-46H,6-15,42H2,1-5H3,(H,74,75). The summed E-state index contributed by atoms with van der Waals surface area (Å²) in [4.78, 5) is 13.7. The van der Waals surface area contributed by atoms with Crippen LogP contribution in [0, 0.1) is 5.92 Å². The predicted molar refractivity (Wildman–Crippen MR) is 311 cm³/mol. The largest absolute Gasteiger partial charge is 0.497 e. The van der Waals surface area contributed by atoms with Crippen LogP contribution in [0.15, 0.2) is 164 Å². The molecule has 8 aromatic rings. The smallest absolute Gasteiger partial charge is 0.416 e. The molecule has 5 nitrogen and oxygen atoms in total. The zero-order valence-corrected chi connectivity index (χ0v) is 45.4. The Balaban J connectivity index is 0.889. The first kappa shape index (κ1) is 52.5. The molecule has 11 rings (SSSR count). The van der Waals surface area contributed by atoms with E-state index >= 15 is 0 Å². The van der Waals surface area contributed by atoms with Crippen LogP contribution in [0.1, 0.15) is 147 Å². The topological polar surface area (TPSA) is 56.8 Å². The molecule has 398 valence electrons. The van der Waals surface area contributed by atoms with Crippen LogP contribution in [-0.2, 0) is 17.2 Å². The molecule has 8 heteroatoms. The Morgan fingerprint density at radius 3 is 1.92 bits per heavy atom. The molecular weight excluding hydrogens is 976 g/mol. The van der Waals surface area contributed by atoms with Crippen LogP contribution in [-0.4, -0.2) is 19.6 Å². The molecule has 0 bridgehead atoms. The highest BCUT2D eigenvalue weighted by molar-refractivity contribution is 6.10. The maximum absolute atomic E-state index is 14.4. The van der Waals surface area contributed by atoms with Crippen LogP contribution in [0.5, 0.6) is 17.2 Å². The fourth-order valence-electron chi connectivity index (χ4n) is 12.5. The van der Waals surface area contributed by atoms with Crippen LogP contribution in [0.25, 0.3) is 50.2 Å². The minimum absolute atomic E-state index is 0.202. The number of benzene rings is 8. The van der Waals surface area contributed by atoms with E-state index in [4.69, 9.17) is 14.2 Å². The molecule has 1 N–H and O–H groups in total. The summed E-state index contributed by atoms with van der Waals surface area (Å²) < 4.78 is 62.5. The number of methoxy groups -OCH3 is 1. The first-order chi connectivity index (χ1) is 37.8. The van der Waals surface area contributed by atoms with Crippen molar-refractivity contribution in [3.8, 4) is 50.6 Å². The molecule has 1 fully saturated rings. The summed E-state index contributed by atoms with van der Waals surface area (Å²) in [5.41, 5.74) is 9.79. The van der Waals surface area contributed by atoms with Crippen LogP contribution in [0.2, 0.25) is 0 Å². The monoisotopic (exact) mass is 1040 g/mol. The van der Waals surface area contributed by atoms with Gasteiger partial charge in [-0.05, 0) is 178 Å². The molecule has 1 amide bonds. The SMILES string of the molecule is CCCCCC1CCC(c2ccc(-c3ccc(C(=O)Nc4ccc(-c5ccc6c7c(c8c(c6c5)-c5ccc(C(F)(F)F)cc5C8(C)C)C=CC(c5ccc(OC)cc5)(c5ccc(OCCCC)cc5)O7)cc4)cc3)cc2)CC1. The maximum Gasteiger partial charge on any atom is 0.416 e. The number of ether oxygens (including phenoxy) is 3. The summed E-state index contributed by atoms with van der Waals surface area (Å²) in [6.07, 6.45) is 12.2. The van der Waals surface area contributed by atoms with Crippen molar-refractivity contribution in [2.75, 3.05) is 19.0 Å². The molecule has 8 aromatic carbocycles. The lowest BCUT2D eigenvalue weighted by Crippen LogP contribution is -2.35. The molecule has 0 aromatic heterocycles. The number of unbranched alkanes of at least 4 members (excludes halogenated alkanes) is 3. The maximum atomic E-state index is 14.4. The van der Waals surface area contributed by atoms with E-state index in [9.17, 15) is 18.0 Å². The molecule has 78 heavy (non-hydrogen) atoms. The fourth-order valence-corrected chi connectivity index (χ4v) is 12.5. The first-order valence-electron chi connectivity index (χ1n) is 28.0. The van der Waals surface area contributed by atoms with Crippen molar-refractivity contribution in [2.45, 2.75) is 115 Å². The van der Waals surface area contributed by atoms with Gasteiger partial charge < -0.3 is 19.5 Å². The second-order valence-corrected chi connectivity index (χ2v) is 22.2. The van der Waals surface area contributed by atoms with Crippen molar-refractivity contribution in [1.82, 2.24) is 0 Å². The number of carbonyl (C=O) groups excluding carboxylic acids is 1. The van der Waals surface area contributed by atoms with E-state index < -0.39 is 22.8 Å². The number of nitrogens with one attached hydrogen (secondary N) is 1. The van der Waals surface area contributed by atoms with Crippen molar-refractivity contribution in [1.29, 1.82) is 0 Å². The number of hydrogen-bond donors (Lipinski definition) is 1. The van der Waals surface area contributed by atoms with Gasteiger partial charge in [-0.2, -0.15) is 13.2 Å². The Bertz CT molecular complexity index is 3480. The van der Waals surface area contributed by atoms with Crippen molar-refractivity contribution in [2.24, 2.45) is 5.92 Å². The molecule has 0 radical (unpaired) electrons. The third-order valence-electron chi connectivity index (χ3n) is 16.9. The number of amides is 1. The Kier molecular flexibility index (Phi) is 14.6. The normalized spacial score (nSPS) is 18.2. The molecule has 1 atom stereocenters. The van der Waals surface area contributed by atoms with Gasteiger partial charge >= 0.3 is 6.18 Å². The zero-order valence-electron chi connectivity index (χ0n) is 45.4. The van der Waals surface area contributed by atoms with E-state index in [0.29, 0.717) is 40.8 Å². The van der Waals surface area contributed by atoms with Crippen LogP contribution < -0.4 is 19.5 Å². The van der Waals surface area contributed by atoms with Gasteiger partial charge in [0.25, 0.3) is 5.91 Å². The minimum atomic E-state index is -4.51. The summed E-state index contributed by atoms with van der Waals surface area (Å²) in [5, 5.41) is 4.78. The van der Waals surface area contributed by atoms with E-state index in [0.717, 1.165) is 90.9 Å². The number of halogens is 3. The quantitative estimate of drug-likeness (QED) is 0.0980. The van der Waals surface area contributed by atoms with Crippen molar-refractivity contribution < 1.29 is 32.2 Å². The predicted octanol–water partition coefficient (Wildman–Crippen LogP) is 19.1. The number of alkyl halides is 3. The summed E-state index contributed by atoms with van der Waals surface area (Å²) in [5.74, 6) is 3.44. The number of anilines is 1. The number of hydrogen-bond acceptors (Lipinski definition) is 4. The van der Waals surface area contributed by atoms with E-state index in [-0.39, 0.29) is 5.91 Å². The third kappa shape index (κ3) is 10.1. The molecule has 1 saturated carbocycles. The van der Waals surface area contributed by atoms with Gasteiger partial charge in [0.15, 0.2) is 5.60 Å². The second kappa shape index (κ2) is 21.7. The number of rotatable bonds is 16. The van der Waals surface area contributed by atoms with Gasteiger partial charge in [0.2, 0.25) is 0 Å². The second-order valence-electron chi connectivity index (χ2n) is 22.2. The van der Waals surface area contributed by atoms with Gasteiger partial charge in [-0.1, -0.05) is 151 Å². The molecule has 0 spiro atoms. The van der Waals surface area contributed by atoms with E-state index in [1.54, 1.807) is 13.2 Å². The number of carbonyl (C=O) groups is 1. The van der Waals surface area contributed by atoms with Gasteiger partial charge in [0, 0.05) is 38.7 Å². The van der Waals surface area contributed by atoms with Crippen molar-refractivity contribution in [3.63, 3.8) is 0 Å². The van der Waals surface area contributed by atoms with Gasteiger partial charge in [0.1, 0.15) is 17.2 Å². The van der Waals surface area contributed by atoms with E-state index in [1.807, 2.05) is 111 Å². The lowest BCUT2D eigenvalue weighted by atomic mass is 9.76. The van der Waals surface area contributed by atoms with Gasteiger partial charge in [-0.15, -0.1) is 0 Å². The molecule has 0 saturated heterocycles. The lowest BCUT2D eigenvalue weighted by molar-refractivity contribution is -0.137. The molecule has 1 aliphatic heterocycles. The average Bonchev–Trinajstić information content (AvgIpc) is 3.65. The minimum Gasteiger partial charge on any atom is -0.497 e. The summed E-state index contributed by atoms with van der Waals surface area (Å²) in [6.45, 7) is 9.04. The fraction of sp³-hybridized carbons (Fsp3) is 0.300. The first-order valence-corrected chi connectivity index (χ1v) is 28.0. The summed E-state index contributed by atoms with van der Waals surface area (Å²) >= 11 is 0. The van der Waals surface area contributed by atoms with Crippen LogP contribution in [0.4, 0.5) is 18.9 Å². The van der Waals surface area contributed by atoms with E-state index in [1.165, 1.54) is 69.1 Å². The average molecular weight is 1040 g/mol. The van der Waals surface area contributed by atoms with Crippen molar-refractivity contribution in [3.05, 3.63) is 208 Å². The molecule has 1 unspecified atom stereocenters. The summed E-state index contributed by atoms with van der Waals surface area (Å²) in [6, 6.07) is 50.8. The highest BCUT2D eigenvalue weighted by atomic mass is 19.4. The molecule has 3 aliphatic rings. The molecule has 2 aliphatic carbocycles. The zero-order chi connectivity index (χ0) is 54.2. The lowest BCUT2D eigenvalue weighted by Gasteiger charge is -2.38. The Morgan fingerprint density at radius 2 is 1.28 bits per heavy atom. The Labute approximate surface area is 457 Å². The highest BCUT2D eigenvalue weighted by Crippen LogP contribution is 2.59. The third-order valence-corrected chi connectivity index (χ3v) is 16.9. The van der Waals surface area contributed by atoms with Crippen molar-refractivity contribution >= 4 is 28.4 Å². The van der Waals surface area contributed by atoms with Gasteiger partial charge in [-0.3, -0.25) is 4.79 Å². The van der Waals surface area contributed by atoms with Gasteiger partial charge in [-0.25, -0.2) is 0 Å². The highest BCUT2D eigenvalue weighted by Gasteiger charge is 2.45. The Morgan fingerprint density at radius 1 is 0.667 bits per heavy atom.